The van der Waals surface area contributed by atoms with Gasteiger partial charge >= 0.3 is 6.09 Å². The number of nitrogens with zero attached hydrogens (tertiary/aromatic N) is 1. The fraction of sp³-hybridized carbons (Fsp3) is 0.259. The third-order valence-corrected chi connectivity index (χ3v) is 5.83. The van der Waals surface area contributed by atoms with Crippen molar-refractivity contribution in [3.63, 3.8) is 0 Å². The lowest BCUT2D eigenvalue weighted by Gasteiger charge is -2.15. The molecule has 3 aromatic carbocycles. The number of cyclic esters (lactones) is 1. The van der Waals surface area contributed by atoms with Crippen molar-refractivity contribution in [3.05, 3.63) is 89.7 Å². The van der Waals surface area contributed by atoms with Crippen LogP contribution in [-0.2, 0) is 16.1 Å². The van der Waals surface area contributed by atoms with Crippen LogP contribution < -0.4 is 15.5 Å². The minimum absolute atomic E-state index is 0.206. The molecule has 182 valence electrons. The summed E-state index contributed by atoms with van der Waals surface area (Å²) in [5.41, 5.74) is 3.31. The molecule has 8 heteroatoms. The van der Waals surface area contributed by atoms with Gasteiger partial charge in [-0.1, -0.05) is 54.6 Å². The maximum Gasteiger partial charge on any atom is 0.414 e. The molecule has 3 aromatic rings. The van der Waals surface area contributed by atoms with E-state index in [1.165, 1.54) is 17.9 Å². The summed E-state index contributed by atoms with van der Waals surface area (Å²) >= 11 is 0. The highest BCUT2D eigenvalue weighted by atomic mass is 19.1. The van der Waals surface area contributed by atoms with Gasteiger partial charge in [0.2, 0.25) is 5.91 Å². The Morgan fingerprint density at radius 1 is 1.14 bits per heavy atom. The highest BCUT2D eigenvalue weighted by Crippen LogP contribution is 2.30. The quantitative estimate of drug-likeness (QED) is 0.436. The predicted molar refractivity (Wildman–Crippen MR) is 131 cm³/mol. The lowest BCUT2D eigenvalue weighted by Crippen LogP contribution is -2.33. The number of hydrogen-bond acceptors (Lipinski definition) is 5. The SMILES string of the molecule is CC(=O)NCC1CN(c2ccc(-c3ccc(C(O)CNCc4ccccc4)cc3)c(F)c2)C(=O)O1. The van der Waals surface area contributed by atoms with Crippen LogP contribution in [0.5, 0.6) is 0 Å². The highest BCUT2D eigenvalue weighted by molar-refractivity contribution is 5.90. The van der Waals surface area contributed by atoms with E-state index in [1.54, 1.807) is 36.4 Å². The van der Waals surface area contributed by atoms with E-state index >= 15 is 0 Å². The number of carbonyl (C=O) groups excluding carboxylic acids is 2. The second-order valence-corrected chi connectivity index (χ2v) is 8.47. The fourth-order valence-corrected chi connectivity index (χ4v) is 3.95. The Hall–Kier alpha value is -3.75. The van der Waals surface area contributed by atoms with Crippen LogP contribution in [0.25, 0.3) is 11.1 Å². The number of rotatable bonds is 9. The summed E-state index contributed by atoms with van der Waals surface area (Å²) in [5.74, 6) is -0.685. The smallest absolute Gasteiger partial charge is 0.414 e. The summed E-state index contributed by atoms with van der Waals surface area (Å²) in [4.78, 5) is 24.6. The molecule has 0 radical (unpaired) electrons. The van der Waals surface area contributed by atoms with Gasteiger partial charge in [-0.15, -0.1) is 0 Å². The van der Waals surface area contributed by atoms with Gasteiger partial charge in [0.05, 0.1) is 24.9 Å². The number of carbonyl (C=O) groups is 2. The van der Waals surface area contributed by atoms with Crippen LogP contribution in [0.3, 0.4) is 0 Å². The Morgan fingerprint density at radius 2 is 1.89 bits per heavy atom. The van der Waals surface area contributed by atoms with E-state index in [0.29, 0.717) is 29.9 Å². The molecule has 35 heavy (non-hydrogen) atoms. The van der Waals surface area contributed by atoms with E-state index in [9.17, 15) is 19.1 Å². The van der Waals surface area contributed by atoms with Crippen LogP contribution in [0, 0.1) is 5.82 Å². The van der Waals surface area contributed by atoms with E-state index in [4.69, 9.17) is 4.74 Å². The number of amides is 2. The van der Waals surface area contributed by atoms with Gasteiger partial charge in [-0.25, -0.2) is 9.18 Å². The second kappa shape index (κ2) is 11.1. The Kier molecular flexibility index (Phi) is 7.74. The molecule has 0 aromatic heterocycles. The molecule has 1 heterocycles. The number of aliphatic hydroxyl groups excluding tert-OH is 1. The summed E-state index contributed by atoms with van der Waals surface area (Å²) in [6.07, 6.45) is -1.76. The van der Waals surface area contributed by atoms with Gasteiger partial charge in [-0.05, 0) is 34.9 Å². The van der Waals surface area contributed by atoms with Crippen LogP contribution in [0.15, 0.2) is 72.8 Å². The first-order valence-electron chi connectivity index (χ1n) is 11.5. The number of anilines is 1. The first-order valence-corrected chi connectivity index (χ1v) is 11.5. The normalized spacial score (nSPS) is 16.1. The van der Waals surface area contributed by atoms with Gasteiger partial charge in [0.1, 0.15) is 11.9 Å². The first-order chi connectivity index (χ1) is 16.9. The number of halogens is 1. The van der Waals surface area contributed by atoms with Gasteiger partial charge < -0.3 is 20.5 Å². The summed E-state index contributed by atoms with van der Waals surface area (Å²) in [6, 6.07) is 21.6. The number of nitrogens with one attached hydrogen (secondary N) is 2. The van der Waals surface area contributed by atoms with Crippen molar-refractivity contribution >= 4 is 17.7 Å². The Labute approximate surface area is 203 Å². The van der Waals surface area contributed by atoms with Crippen molar-refractivity contribution in [2.75, 3.05) is 24.5 Å². The van der Waals surface area contributed by atoms with Gasteiger partial charge in [0.25, 0.3) is 0 Å². The summed E-state index contributed by atoms with van der Waals surface area (Å²) in [7, 11) is 0. The average Bonchev–Trinajstić information content (AvgIpc) is 3.24. The Balaban J connectivity index is 1.37. The third kappa shape index (κ3) is 6.23. The van der Waals surface area contributed by atoms with Crippen molar-refractivity contribution in [2.45, 2.75) is 25.7 Å². The molecule has 1 aliphatic rings. The van der Waals surface area contributed by atoms with Crippen LogP contribution in [-0.4, -0.2) is 42.8 Å². The highest BCUT2D eigenvalue weighted by Gasteiger charge is 2.32. The van der Waals surface area contributed by atoms with E-state index in [-0.39, 0.29) is 19.0 Å². The Morgan fingerprint density at radius 3 is 2.57 bits per heavy atom. The zero-order chi connectivity index (χ0) is 24.8. The van der Waals surface area contributed by atoms with Crippen molar-refractivity contribution in [3.8, 4) is 11.1 Å². The average molecular weight is 478 g/mol. The molecule has 0 aliphatic carbocycles. The van der Waals surface area contributed by atoms with Crippen LogP contribution >= 0.6 is 0 Å². The molecule has 1 saturated heterocycles. The zero-order valence-corrected chi connectivity index (χ0v) is 19.4. The molecule has 1 aliphatic heterocycles. The zero-order valence-electron chi connectivity index (χ0n) is 19.4. The van der Waals surface area contributed by atoms with Crippen LogP contribution in [0.1, 0.15) is 24.2 Å². The summed E-state index contributed by atoms with van der Waals surface area (Å²) in [5, 5.41) is 16.3. The molecule has 0 spiro atoms. The maximum absolute atomic E-state index is 15.0. The van der Waals surface area contributed by atoms with Gasteiger partial charge in [0.15, 0.2) is 0 Å². The molecule has 0 saturated carbocycles. The first kappa shape index (κ1) is 24.4. The maximum atomic E-state index is 15.0. The third-order valence-electron chi connectivity index (χ3n) is 5.83. The molecule has 3 N–H and O–H groups in total. The topological polar surface area (TPSA) is 90.9 Å². The molecule has 2 unspecified atom stereocenters. The van der Waals surface area contributed by atoms with Crippen molar-refractivity contribution in [2.24, 2.45) is 0 Å². The number of aliphatic hydroxyl groups is 1. The van der Waals surface area contributed by atoms with Crippen molar-refractivity contribution in [1.82, 2.24) is 10.6 Å². The monoisotopic (exact) mass is 477 g/mol. The molecule has 2 amide bonds. The number of benzene rings is 3. The van der Waals surface area contributed by atoms with E-state index in [1.807, 2.05) is 30.3 Å². The van der Waals surface area contributed by atoms with Gasteiger partial charge in [0, 0.05) is 25.6 Å². The predicted octanol–water partition coefficient (Wildman–Crippen LogP) is 3.78. The largest absolute Gasteiger partial charge is 0.442 e. The van der Waals surface area contributed by atoms with E-state index in [0.717, 1.165) is 11.1 Å². The minimum Gasteiger partial charge on any atom is -0.442 e. The summed E-state index contributed by atoms with van der Waals surface area (Å²) < 4.78 is 20.2. The number of hydrogen-bond donors (Lipinski definition) is 3. The number of ether oxygens (including phenoxy) is 1. The second-order valence-electron chi connectivity index (χ2n) is 8.47. The standard InChI is InChI=1S/C27H28FN3O4/c1-18(32)30-15-23-17-31(27(34)35-23)22-11-12-24(25(28)13-22)20-7-9-21(10-8-20)26(33)16-29-14-19-5-3-2-4-6-19/h2-13,23,26,29,33H,14-17H2,1H3,(H,30,32). The van der Waals surface area contributed by atoms with E-state index < -0.39 is 24.1 Å². The van der Waals surface area contributed by atoms with Crippen LogP contribution in [0.4, 0.5) is 14.9 Å². The molecular formula is C27H28FN3O4. The Bertz CT molecular complexity index is 1170. The molecule has 4 rings (SSSR count). The molecule has 1 fully saturated rings. The van der Waals surface area contributed by atoms with Crippen LogP contribution in [0.2, 0.25) is 0 Å². The van der Waals surface area contributed by atoms with Crippen molar-refractivity contribution < 1.29 is 23.8 Å². The molecule has 7 nitrogen and oxygen atoms in total. The lowest BCUT2D eigenvalue weighted by atomic mass is 10.0. The minimum atomic E-state index is -0.688. The summed E-state index contributed by atoms with van der Waals surface area (Å²) in [6.45, 7) is 2.87. The molecule has 2 atom stereocenters. The fourth-order valence-electron chi connectivity index (χ4n) is 3.95. The van der Waals surface area contributed by atoms with E-state index in [2.05, 4.69) is 10.6 Å². The lowest BCUT2D eigenvalue weighted by molar-refractivity contribution is -0.119. The van der Waals surface area contributed by atoms with Crippen molar-refractivity contribution in [1.29, 1.82) is 0 Å². The molecular weight excluding hydrogens is 449 g/mol. The molecule has 0 bridgehead atoms. The van der Waals surface area contributed by atoms with Gasteiger partial charge in [-0.3, -0.25) is 9.69 Å². The van der Waals surface area contributed by atoms with Gasteiger partial charge in [-0.2, -0.15) is 0 Å².